The normalized spacial score (nSPS) is 10.7. The molecular weight excluding hydrogens is 273 g/mol. The van der Waals surface area contributed by atoms with Crippen molar-refractivity contribution >= 4 is 5.69 Å². The summed E-state index contributed by atoms with van der Waals surface area (Å²) in [5.74, 6) is 0.236. The molecule has 3 rings (SSSR count). The van der Waals surface area contributed by atoms with E-state index in [9.17, 15) is 9.50 Å². The minimum atomic E-state index is -0.505. The Bertz CT molecular complexity index is 769. The topological polar surface area (TPSA) is 85.2 Å². The maximum Gasteiger partial charge on any atom is 0.260 e. The Morgan fingerprint density at radius 3 is 2.62 bits per heavy atom. The molecule has 0 radical (unpaired) electrons. The van der Waals surface area contributed by atoms with Gasteiger partial charge in [-0.15, -0.1) is 0 Å². The van der Waals surface area contributed by atoms with E-state index < -0.39 is 5.82 Å². The predicted molar refractivity (Wildman–Crippen MR) is 75.0 cm³/mol. The van der Waals surface area contributed by atoms with E-state index in [1.165, 1.54) is 12.1 Å². The molecule has 0 saturated carbocycles. The number of aromatic hydroxyl groups is 1. The van der Waals surface area contributed by atoms with Crippen molar-refractivity contribution in [1.82, 2.24) is 10.1 Å². The van der Waals surface area contributed by atoms with E-state index >= 15 is 0 Å². The Balaban J connectivity index is 1.84. The van der Waals surface area contributed by atoms with Gasteiger partial charge in [-0.3, -0.25) is 0 Å². The molecular formula is C15H12FN3O2. The molecule has 0 atom stereocenters. The number of benzene rings is 2. The summed E-state index contributed by atoms with van der Waals surface area (Å²) < 4.78 is 18.9. The molecule has 0 unspecified atom stereocenters. The van der Waals surface area contributed by atoms with Crippen LogP contribution in [0.2, 0.25) is 0 Å². The molecule has 6 heteroatoms. The fourth-order valence-electron chi connectivity index (χ4n) is 1.94. The first kappa shape index (κ1) is 13.1. The highest BCUT2D eigenvalue weighted by Gasteiger charge is 2.13. The van der Waals surface area contributed by atoms with Crippen molar-refractivity contribution < 1.29 is 14.0 Å². The number of hydrogen-bond donors (Lipinski definition) is 2. The van der Waals surface area contributed by atoms with E-state index in [0.29, 0.717) is 17.9 Å². The summed E-state index contributed by atoms with van der Waals surface area (Å²) in [6, 6.07) is 11.0. The van der Waals surface area contributed by atoms with E-state index in [2.05, 4.69) is 10.1 Å². The fraction of sp³-hybridized carbons (Fsp3) is 0.0667. The monoisotopic (exact) mass is 285 g/mol. The lowest BCUT2D eigenvalue weighted by molar-refractivity contribution is 0.421. The van der Waals surface area contributed by atoms with E-state index in [4.69, 9.17) is 10.3 Å². The largest absolute Gasteiger partial charge is 0.508 e. The minimum Gasteiger partial charge on any atom is -0.508 e. The number of rotatable bonds is 3. The van der Waals surface area contributed by atoms with Gasteiger partial charge in [-0.1, -0.05) is 17.3 Å². The Morgan fingerprint density at radius 2 is 1.90 bits per heavy atom. The molecule has 1 aromatic heterocycles. The van der Waals surface area contributed by atoms with Gasteiger partial charge in [0.25, 0.3) is 5.89 Å². The molecule has 1 heterocycles. The summed E-state index contributed by atoms with van der Waals surface area (Å²) >= 11 is 0. The molecule has 0 spiro atoms. The van der Waals surface area contributed by atoms with E-state index in [1.807, 2.05) is 0 Å². The van der Waals surface area contributed by atoms with Crippen LogP contribution in [-0.2, 0) is 6.42 Å². The van der Waals surface area contributed by atoms with Crippen molar-refractivity contribution in [3.63, 3.8) is 0 Å². The third-order valence-electron chi connectivity index (χ3n) is 2.99. The zero-order valence-electron chi connectivity index (χ0n) is 11.0. The Kier molecular flexibility index (Phi) is 3.27. The maximum absolute atomic E-state index is 13.8. The Labute approximate surface area is 119 Å². The summed E-state index contributed by atoms with van der Waals surface area (Å²) in [6.45, 7) is 0. The lowest BCUT2D eigenvalue weighted by Crippen LogP contribution is -1.92. The maximum atomic E-state index is 13.8. The van der Waals surface area contributed by atoms with Crippen molar-refractivity contribution in [2.45, 2.75) is 6.42 Å². The van der Waals surface area contributed by atoms with E-state index in [1.54, 1.807) is 30.3 Å². The SMILES string of the molecule is Nc1ccc(-c2nc(Cc3ccc(O)cc3)no2)c(F)c1. The summed E-state index contributed by atoms with van der Waals surface area (Å²) in [7, 11) is 0. The second-order valence-electron chi connectivity index (χ2n) is 4.60. The number of phenols is 1. The summed E-state index contributed by atoms with van der Waals surface area (Å²) in [5.41, 5.74) is 6.96. The molecule has 21 heavy (non-hydrogen) atoms. The number of phenolic OH excluding ortho intramolecular Hbond substituents is 1. The number of anilines is 1. The molecule has 0 aliphatic carbocycles. The molecule has 3 aromatic rings. The smallest absolute Gasteiger partial charge is 0.260 e. The average molecular weight is 285 g/mol. The molecule has 3 N–H and O–H groups in total. The predicted octanol–water partition coefficient (Wildman–Crippen LogP) is 2.75. The number of nitrogen functional groups attached to an aromatic ring is 1. The molecule has 2 aromatic carbocycles. The van der Waals surface area contributed by atoms with Crippen LogP contribution in [0.5, 0.6) is 5.75 Å². The second-order valence-corrected chi connectivity index (χ2v) is 4.60. The van der Waals surface area contributed by atoms with Crippen LogP contribution in [0.3, 0.4) is 0 Å². The molecule has 0 amide bonds. The molecule has 106 valence electrons. The lowest BCUT2D eigenvalue weighted by Gasteiger charge is -1.98. The first-order chi connectivity index (χ1) is 10.1. The molecule has 0 aliphatic rings. The van der Waals surface area contributed by atoms with Crippen molar-refractivity contribution in [1.29, 1.82) is 0 Å². The molecule has 0 fully saturated rings. The number of halogens is 1. The van der Waals surface area contributed by atoms with Gasteiger partial charge in [0.15, 0.2) is 5.82 Å². The first-order valence-corrected chi connectivity index (χ1v) is 6.28. The van der Waals surface area contributed by atoms with Crippen molar-refractivity contribution in [3.8, 4) is 17.2 Å². The van der Waals surface area contributed by atoms with Crippen LogP contribution >= 0.6 is 0 Å². The number of hydrogen-bond acceptors (Lipinski definition) is 5. The van der Waals surface area contributed by atoms with Gasteiger partial charge >= 0.3 is 0 Å². The third kappa shape index (κ3) is 2.84. The fourth-order valence-corrected chi connectivity index (χ4v) is 1.94. The van der Waals surface area contributed by atoms with Crippen LogP contribution < -0.4 is 5.73 Å². The van der Waals surface area contributed by atoms with Crippen molar-refractivity contribution in [2.75, 3.05) is 5.73 Å². The van der Waals surface area contributed by atoms with Gasteiger partial charge in [0.1, 0.15) is 11.6 Å². The highest BCUT2D eigenvalue weighted by atomic mass is 19.1. The first-order valence-electron chi connectivity index (χ1n) is 6.28. The zero-order chi connectivity index (χ0) is 14.8. The van der Waals surface area contributed by atoms with Crippen molar-refractivity contribution in [2.24, 2.45) is 0 Å². The van der Waals surface area contributed by atoms with E-state index in [0.717, 1.165) is 5.56 Å². The van der Waals surface area contributed by atoms with Gasteiger partial charge in [0.05, 0.1) is 5.56 Å². The summed E-state index contributed by atoms with van der Waals surface area (Å²) in [4.78, 5) is 4.17. The van der Waals surface area contributed by atoms with Gasteiger partial charge in [-0.05, 0) is 35.9 Å². The van der Waals surface area contributed by atoms with Crippen LogP contribution in [-0.4, -0.2) is 15.2 Å². The lowest BCUT2D eigenvalue weighted by atomic mass is 10.1. The van der Waals surface area contributed by atoms with Crippen LogP contribution in [0.4, 0.5) is 10.1 Å². The zero-order valence-corrected chi connectivity index (χ0v) is 11.0. The number of nitrogens with zero attached hydrogens (tertiary/aromatic N) is 2. The Morgan fingerprint density at radius 1 is 1.14 bits per heavy atom. The van der Waals surface area contributed by atoms with Crippen LogP contribution in [0.1, 0.15) is 11.4 Å². The molecule has 0 saturated heterocycles. The third-order valence-corrected chi connectivity index (χ3v) is 2.99. The van der Waals surface area contributed by atoms with Gasteiger partial charge in [0.2, 0.25) is 0 Å². The van der Waals surface area contributed by atoms with Gasteiger partial charge in [0, 0.05) is 12.1 Å². The van der Waals surface area contributed by atoms with Crippen LogP contribution in [0.15, 0.2) is 47.0 Å². The van der Waals surface area contributed by atoms with Gasteiger partial charge in [-0.25, -0.2) is 4.39 Å². The van der Waals surface area contributed by atoms with Crippen molar-refractivity contribution in [3.05, 3.63) is 59.7 Å². The highest BCUT2D eigenvalue weighted by molar-refractivity contribution is 5.58. The molecule has 5 nitrogen and oxygen atoms in total. The van der Waals surface area contributed by atoms with Crippen LogP contribution in [0.25, 0.3) is 11.5 Å². The van der Waals surface area contributed by atoms with Crippen LogP contribution in [0, 0.1) is 5.82 Å². The molecule has 0 bridgehead atoms. The van der Waals surface area contributed by atoms with Gasteiger partial charge < -0.3 is 15.4 Å². The minimum absolute atomic E-state index is 0.112. The standard InChI is InChI=1S/C15H12FN3O2/c16-13-8-10(17)3-6-12(13)15-18-14(19-21-15)7-9-1-4-11(20)5-2-9/h1-6,8,20H,7,17H2. The van der Waals surface area contributed by atoms with E-state index in [-0.39, 0.29) is 17.2 Å². The average Bonchev–Trinajstić information content (AvgIpc) is 2.90. The molecule has 0 aliphatic heterocycles. The second kappa shape index (κ2) is 5.24. The number of aromatic nitrogens is 2. The highest BCUT2D eigenvalue weighted by Crippen LogP contribution is 2.23. The summed E-state index contributed by atoms with van der Waals surface area (Å²) in [5, 5.41) is 13.1. The quantitative estimate of drug-likeness (QED) is 0.723. The Hall–Kier alpha value is -2.89. The summed E-state index contributed by atoms with van der Waals surface area (Å²) in [6.07, 6.45) is 0.431. The van der Waals surface area contributed by atoms with Gasteiger partial charge in [-0.2, -0.15) is 4.98 Å². The number of nitrogens with two attached hydrogens (primary N) is 1.